The van der Waals surface area contributed by atoms with Gasteiger partial charge in [0.15, 0.2) is 0 Å². The minimum atomic E-state index is -0.986. The fourth-order valence-electron chi connectivity index (χ4n) is 1.10. The molecule has 76 valence electrons. The molecule has 3 nitrogen and oxygen atoms in total. The van der Waals surface area contributed by atoms with E-state index in [1.54, 1.807) is 18.2 Å². The highest BCUT2D eigenvalue weighted by atomic mass is 79.9. The van der Waals surface area contributed by atoms with E-state index in [2.05, 4.69) is 22.0 Å². The van der Waals surface area contributed by atoms with E-state index in [-0.39, 0.29) is 0 Å². The van der Waals surface area contributed by atoms with Gasteiger partial charge in [-0.3, -0.25) is 0 Å². The van der Waals surface area contributed by atoms with Crippen LogP contribution in [0.4, 0.5) is 0 Å². The molecule has 1 N–H and O–H groups in total. The molecule has 0 radical (unpaired) electrons. The largest absolute Gasteiger partial charge is 0.478 e. The topological polar surface area (TPSA) is 61.1 Å². The maximum Gasteiger partial charge on any atom is 0.328 e. The zero-order chi connectivity index (χ0) is 11.3. The van der Waals surface area contributed by atoms with Gasteiger partial charge in [0.2, 0.25) is 0 Å². The molecule has 0 aliphatic heterocycles. The predicted octanol–water partition coefficient (Wildman–Crippen LogP) is 2.55. The zero-order valence-corrected chi connectivity index (χ0v) is 9.36. The Morgan fingerprint density at radius 2 is 2.33 bits per heavy atom. The molecular weight excluding hydrogens is 258 g/mol. The van der Waals surface area contributed by atoms with Crippen molar-refractivity contribution in [1.82, 2.24) is 0 Å². The first-order valence-electron chi connectivity index (χ1n) is 4.17. The summed E-state index contributed by atoms with van der Waals surface area (Å²) in [5.74, 6) is -0.986. The van der Waals surface area contributed by atoms with Crippen LogP contribution in [0.3, 0.4) is 0 Å². The highest BCUT2D eigenvalue weighted by Crippen LogP contribution is 2.15. The Bertz CT molecular complexity index is 446. The minimum Gasteiger partial charge on any atom is -0.478 e. The van der Waals surface area contributed by atoms with Crippen molar-refractivity contribution in [2.45, 2.75) is 5.33 Å². The van der Waals surface area contributed by atoms with E-state index in [1.807, 2.05) is 0 Å². The third kappa shape index (κ3) is 3.22. The normalized spacial score (nSPS) is 10.1. The summed E-state index contributed by atoms with van der Waals surface area (Å²) in [4.78, 5) is 10.3. The molecule has 1 aromatic carbocycles. The van der Waals surface area contributed by atoms with Gasteiger partial charge in [0.25, 0.3) is 0 Å². The number of carbonyl (C=O) groups is 1. The molecule has 0 aromatic heterocycles. The maximum absolute atomic E-state index is 10.3. The van der Waals surface area contributed by atoms with Gasteiger partial charge < -0.3 is 5.11 Å². The molecule has 0 bridgehead atoms. The van der Waals surface area contributed by atoms with Gasteiger partial charge in [-0.05, 0) is 29.3 Å². The number of benzene rings is 1. The third-order valence-electron chi connectivity index (χ3n) is 1.81. The second kappa shape index (κ2) is 5.32. The molecule has 4 heteroatoms. The van der Waals surface area contributed by atoms with E-state index >= 15 is 0 Å². The van der Waals surface area contributed by atoms with Gasteiger partial charge in [0, 0.05) is 11.4 Å². The number of rotatable bonds is 3. The van der Waals surface area contributed by atoms with Crippen LogP contribution in [0.5, 0.6) is 0 Å². The van der Waals surface area contributed by atoms with E-state index in [1.165, 1.54) is 6.08 Å². The molecule has 0 amide bonds. The molecule has 0 heterocycles. The van der Waals surface area contributed by atoms with E-state index in [4.69, 9.17) is 10.4 Å². The number of hydrogen-bond acceptors (Lipinski definition) is 2. The first-order chi connectivity index (χ1) is 7.17. The minimum absolute atomic E-state index is 0.574. The molecule has 0 saturated carbocycles. The standard InChI is InChI=1S/C11H8BrNO2/c12-6-10-5-8(2-4-11(14)15)1-3-9(10)7-13/h1-5H,6H2,(H,14,15)/b4-2+. The van der Waals surface area contributed by atoms with Crippen LogP contribution in [-0.2, 0) is 10.1 Å². The summed E-state index contributed by atoms with van der Waals surface area (Å²) in [5.41, 5.74) is 2.22. The lowest BCUT2D eigenvalue weighted by Gasteiger charge is -2.00. The Labute approximate surface area is 95.8 Å². The highest BCUT2D eigenvalue weighted by Gasteiger charge is 2.00. The quantitative estimate of drug-likeness (QED) is 0.675. The van der Waals surface area contributed by atoms with Crippen LogP contribution in [0.15, 0.2) is 24.3 Å². The number of alkyl halides is 1. The molecule has 0 atom stereocenters. The maximum atomic E-state index is 10.3. The SMILES string of the molecule is N#Cc1ccc(/C=C/C(=O)O)cc1CBr. The predicted molar refractivity (Wildman–Crippen MR) is 60.5 cm³/mol. The number of hydrogen-bond donors (Lipinski definition) is 1. The van der Waals surface area contributed by atoms with Gasteiger partial charge in [-0.2, -0.15) is 5.26 Å². The van der Waals surface area contributed by atoms with Crippen LogP contribution in [-0.4, -0.2) is 11.1 Å². The number of aliphatic carboxylic acids is 1. The fourth-order valence-corrected chi connectivity index (χ4v) is 1.57. The van der Waals surface area contributed by atoms with Crippen LogP contribution in [0, 0.1) is 11.3 Å². The summed E-state index contributed by atoms with van der Waals surface area (Å²) < 4.78 is 0. The Balaban J connectivity index is 3.04. The number of carboxylic acid groups (broad SMARTS) is 1. The highest BCUT2D eigenvalue weighted by molar-refractivity contribution is 9.08. The summed E-state index contributed by atoms with van der Waals surface area (Å²) in [6, 6.07) is 7.24. The average molecular weight is 266 g/mol. The summed E-state index contributed by atoms with van der Waals surface area (Å²) in [7, 11) is 0. The van der Waals surface area contributed by atoms with Crippen LogP contribution >= 0.6 is 15.9 Å². The van der Waals surface area contributed by atoms with Gasteiger partial charge in [0.05, 0.1) is 11.6 Å². The van der Waals surface area contributed by atoms with Gasteiger partial charge >= 0.3 is 5.97 Å². The molecule has 0 aliphatic rings. The summed E-state index contributed by atoms with van der Waals surface area (Å²) in [6.07, 6.45) is 2.56. The molecule has 0 spiro atoms. The van der Waals surface area contributed by atoms with Gasteiger partial charge in [-0.1, -0.05) is 22.0 Å². The molecule has 0 fully saturated rings. The monoisotopic (exact) mass is 265 g/mol. The van der Waals surface area contributed by atoms with Crippen molar-refractivity contribution in [1.29, 1.82) is 5.26 Å². The van der Waals surface area contributed by atoms with Crippen molar-refractivity contribution in [3.05, 3.63) is 41.0 Å². The van der Waals surface area contributed by atoms with Crippen molar-refractivity contribution in [3.8, 4) is 6.07 Å². The lowest BCUT2D eigenvalue weighted by atomic mass is 10.1. The molecule has 0 saturated heterocycles. The number of nitriles is 1. The zero-order valence-electron chi connectivity index (χ0n) is 7.77. The van der Waals surface area contributed by atoms with Crippen molar-refractivity contribution >= 4 is 28.0 Å². The van der Waals surface area contributed by atoms with Crippen LogP contribution in [0.25, 0.3) is 6.08 Å². The first kappa shape index (κ1) is 11.5. The Kier molecular flexibility index (Phi) is 4.07. The number of halogens is 1. The smallest absolute Gasteiger partial charge is 0.328 e. The lowest BCUT2D eigenvalue weighted by Crippen LogP contribution is -1.88. The second-order valence-corrected chi connectivity index (χ2v) is 3.39. The molecule has 15 heavy (non-hydrogen) atoms. The van der Waals surface area contributed by atoms with E-state index in [0.29, 0.717) is 10.9 Å². The second-order valence-electron chi connectivity index (χ2n) is 2.83. The third-order valence-corrected chi connectivity index (χ3v) is 2.42. The molecule has 0 unspecified atom stereocenters. The van der Waals surface area contributed by atoms with Gasteiger partial charge in [-0.15, -0.1) is 0 Å². The van der Waals surface area contributed by atoms with Crippen molar-refractivity contribution in [3.63, 3.8) is 0 Å². The van der Waals surface area contributed by atoms with E-state index in [9.17, 15) is 4.79 Å². The Hall–Kier alpha value is -1.60. The van der Waals surface area contributed by atoms with Crippen molar-refractivity contribution < 1.29 is 9.90 Å². The van der Waals surface area contributed by atoms with Gasteiger partial charge in [0.1, 0.15) is 0 Å². The van der Waals surface area contributed by atoms with Crippen LogP contribution in [0.1, 0.15) is 16.7 Å². The molecule has 1 rings (SSSR count). The van der Waals surface area contributed by atoms with Crippen molar-refractivity contribution in [2.24, 2.45) is 0 Å². The van der Waals surface area contributed by atoms with Crippen LogP contribution < -0.4 is 0 Å². The Morgan fingerprint density at radius 1 is 1.60 bits per heavy atom. The van der Waals surface area contributed by atoms with Gasteiger partial charge in [-0.25, -0.2) is 4.79 Å². The van der Waals surface area contributed by atoms with Crippen molar-refractivity contribution in [2.75, 3.05) is 0 Å². The summed E-state index contributed by atoms with van der Waals surface area (Å²) >= 11 is 3.27. The summed E-state index contributed by atoms with van der Waals surface area (Å²) in [5, 5.41) is 17.8. The lowest BCUT2D eigenvalue weighted by molar-refractivity contribution is -0.131. The first-order valence-corrected chi connectivity index (χ1v) is 5.29. The molecule has 0 aliphatic carbocycles. The van der Waals surface area contributed by atoms with Crippen LogP contribution in [0.2, 0.25) is 0 Å². The molecular formula is C11H8BrNO2. The number of nitrogens with zero attached hydrogens (tertiary/aromatic N) is 1. The average Bonchev–Trinajstić information content (AvgIpc) is 2.25. The Morgan fingerprint density at radius 3 is 2.87 bits per heavy atom. The summed E-state index contributed by atoms with van der Waals surface area (Å²) in [6.45, 7) is 0. The van der Waals surface area contributed by atoms with E-state index < -0.39 is 5.97 Å². The van der Waals surface area contributed by atoms with E-state index in [0.717, 1.165) is 17.2 Å². The molecule has 1 aromatic rings. The fraction of sp³-hybridized carbons (Fsp3) is 0.0909. The number of carboxylic acids is 1.